The fourth-order valence-electron chi connectivity index (χ4n) is 7.55. The lowest BCUT2D eigenvalue weighted by Crippen LogP contribution is -2.53. The van der Waals surface area contributed by atoms with Crippen LogP contribution in [0.15, 0.2) is 18.2 Å². The fraction of sp³-hybridized carbons (Fsp3) is 0.655. The maximum atomic E-state index is 15.9. The number of allylic oxidation sites excluding steroid dienone is 1. The van der Waals surface area contributed by atoms with E-state index in [0.29, 0.717) is 17.9 Å². The van der Waals surface area contributed by atoms with Gasteiger partial charge in [0, 0.05) is 29.5 Å². The largest absolute Gasteiger partial charge is 0.497 e. The predicted octanol–water partition coefficient (Wildman–Crippen LogP) is 4.21. The number of aliphatic hydroxyl groups excluding tert-OH is 1. The van der Waals surface area contributed by atoms with E-state index in [1.807, 2.05) is 39.8 Å². The highest BCUT2D eigenvalue weighted by molar-refractivity contribution is 6.12. The Kier molecular flexibility index (Phi) is 6.03. The number of hydrogen-bond acceptors (Lipinski definition) is 5. The molecule has 2 amide bonds. The summed E-state index contributed by atoms with van der Waals surface area (Å²) < 4.78 is 28.3. The summed E-state index contributed by atoms with van der Waals surface area (Å²) in [5, 5.41) is 9.74. The first-order valence-electron chi connectivity index (χ1n) is 13.3. The van der Waals surface area contributed by atoms with Crippen LogP contribution in [-0.4, -0.2) is 65.4 Å². The van der Waals surface area contributed by atoms with Crippen molar-refractivity contribution >= 4 is 23.1 Å². The molecule has 0 aliphatic carbocycles. The van der Waals surface area contributed by atoms with Gasteiger partial charge in [0.15, 0.2) is 5.60 Å². The number of anilines is 1. The van der Waals surface area contributed by atoms with Crippen LogP contribution in [0.2, 0.25) is 0 Å². The smallest absolute Gasteiger partial charge is 0.265 e. The van der Waals surface area contributed by atoms with E-state index in [4.69, 9.17) is 9.47 Å². The van der Waals surface area contributed by atoms with Gasteiger partial charge in [0.2, 0.25) is 5.91 Å². The molecule has 37 heavy (non-hydrogen) atoms. The summed E-state index contributed by atoms with van der Waals surface area (Å²) in [7, 11) is 1.59. The second-order valence-corrected chi connectivity index (χ2v) is 12.2. The van der Waals surface area contributed by atoms with Gasteiger partial charge in [-0.05, 0) is 65.2 Å². The number of rotatable bonds is 5. The van der Waals surface area contributed by atoms with Gasteiger partial charge in [-0.15, -0.1) is 0 Å². The third-order valence-corrected chi connectivity index (χ3v) is 9.03. The second-order valence-electron chi connectivity index (χ2n) is 12.2. The van der Waals surface area contributed by atoms with E-state index in [0.717, 1.165) is 29.7 Å². The van der Waals surface area contributed by atoms with Crippen molar-refractivity contribution < 1.29 is 28.6 Å². The molecule has 0 radical (unpaired) electrons. The van der Waals surface area contributed by atoms with Crippen molar-refractivity contribution in [1.29, 1.82) is 0 Å². The summed E-state index contributed by atoms with van der Waals surface area (Å²) in [6.07, 6.45) is 2.80. The van der Waals surface area contributed by atoms with Crippen LogP contribution in [-0.2, 0) is 19.9 Å². The molecule has 0 aromatic heterocycles. The Morgan fingerprint density at radius 2 is 2.03 bits per heavy atom. The molecule has 5 atom stereocenters. The van der Waals surface area contributed by atoms with Crippen molar-refractivity contribution in [3.63, 3.8) is 0 Å². The molecule has 4 aliphatic heterocycles. The number of halogens is 1. The Morgan fingerprint density at radius 3 is 2.65 bits per heavy atom. The van der Waals surface area contributed by atoms with Crippen molar-refractivity contribution in [3.8, 4) is 5.75 Å². The fourth-order valence-corrected chi connectivity index (χ4v) is 7.55. The monoisotopic (exact) mass is 514 g/mol. The molecule has 0 bridgehead atoms. The normalized spacial score (nSPS) is 32.2. The number of ether oxygens (including phenoxy) is 2. The van der Waals surface area contributed by atoms with Crippen molar-refractivity contribution in [2.75, 3.05) is 25.2 Å². The van der Waals surface area contributed by atoms with Gasteiger partial charge in [-0.25, -0.2) is 4.39 Å². The van der Waals surface area contributed by atoms with E-state index >= 15 is 4.39 Å². The lowest BCUT2D eigenvalue weighted by atomic mass is 9.71. The first kappa shape index (κ1) is 26.2. The molecule has 2 saturated heterocycles. The molecule has 4 heterocycles. The molecule has 1 N–H and O–H groups in total. The predicted molar refractivity (Wildman–Crippen MR) is 139 cm³/mol. The van der Waals surface area contributed by atoms with Crippen LogP contribution in [0.4, 0.5) is 10.1 Å². The maximum absolute atomic E-state index is 15.9. The number of carbonyl (C=O) groups excluding carboxylic acids is 2. The molecule has 2 fully saturated rings. The van der Waals surface area contributed by atoms with Crippen LogP contribution in [0.5, 0.6) is 5.75 Å². The summed E-state index contributed by atoms with van der Waals surface area (Å²) in [6, 6.07) is 3.55. The molecule has 1 aromatic rings. The number of amides is 2. The van der Waals surface area contributed by atoms with Gasteiger partial charge < -0.3 is 19.5 Å². The Hall–Kier alpha value is -2.45. The minimum Gasteiger partial charge on any atom is -0.497 e. The molecule has 1 spiro atoms. The number of nitrogens with zero attached hydrogens (tertiary/aromatic N) is 2. The van der Waals surface area contributed by atoms with Gasteiger partial charge in [0.25, 0.3) is 5.91 Å². The number of fused-ring (bicyclic) bond motifs is 1. The number of alkyl halides is 1. The minimum atomic E-state index is -1.70. The molecule has 4 aliphatic rings. The Balaban J connectivity index is 1.63. The number of aliphatic hydroxyl groups is 1. The standard InChI is InChI=1S/C29H39FN2O5/c1-16-14-27(3,4)32-25-20(16)11-19(36-7)12-21(25)29(26(32)35)17(2)24(28(5,6)30)22(37-29)13-23(34)31-10-8-9-18(31)15-33/h11-12,14,17-18,22,24,33H,8-10,13,15H2,1-7H3/t17-,18-,22+,24-,29+/m0/s1. The van der Waals surface area contributed by atoms with E-state index < -0.39 is 34.7 Å². The third-order valence-electron chi connectivity index (χ3n) is 9.03. The molecule has 1 aromatic carbocycles. The van der Waals surface area contributed by atoms with E-state index in [2.05, 4.69) is 6.08 Å². The van der Waals surface area contributed by atoms with Crippen molar-refractivity contribution in [2.45, 2.75) is 89.8 Å². The molecule has 5 rings (SSSR count). The number of methoxy groups -OCH3 is 1. The van der Waals surface area contributed by atoms with E-state index in [9.17, 15) is 14.7 Å². The Morgan fingerprint density at radius 1 is 1.32 bits per heavy atom. The first-order valence-corrected chi connectivity index (χ1v) is 13.3. The lowest BCUT2D eigenvalue weighted by molar-refractivity contribution is -0.151. The van der Waals surface area contributed by atoms with E-state index in [1.165, 1.54) is 13.8 Å². The van der Waals surface area contributed by atoms with Gasteiger partial charge in [0.05, 0.1) is 43.5 Å². The average Bonchev–Trinajstić information content (AvgIpc) is 3.46. The summed E-state index contributed by atoms with van der Waals surface area (Å²) in [6.45, 7) is 11.3. The third kappa shape index (κ3) is 3.66. The van der Waals surface area contributed by atoms with Crippen LogP contribution >= 0.6 is 0 Å². The molecule has 8 heteroatoms. The molecule has 202 valence electrons. The summed E-state index contributed by atoms with van der Waals surface area (Å²) in [4.78, 5) is 31.3. The van der Waals surface area contributed by atoms with Crippen LogP contribution in [0, 0.1) is 11.8 Å². The Bertz CT molecular complexity index is 1170. The highest BCUT2D eigenvalue weighted by Gasteiger charge is 2.68. The van der Waals surface area contributed by atoms with Crippen molar-refractivity contribution in [2.24, 2.45) is 11.8 Å². The zero-order chi connectivity index (χ0) is 27.1. The molecule has 7 nitrogen and oxygen atoms in total. The van der Waals surface area contributed by atoms with Gasteiger partial charge in [0.1, 0.15) is 11.4 Å². The van der Waals surface area contributed by atoms with Gasteiger partial charge in [-0.1, -0.05) is 13.0 Å². The van der Waals surface area contributed by atoms with Crippen LogP contribution in [0.25, 0.3) is 5.57 Å². The van der Waals surface area contributed by atoms with E-state index in [1.54, 1.807) is 16.9 Å². The number of likely N-dealkylation sites (tertiary alicyclic amines) is 1. The first-order chi connectivity index (χ1) is 17.3. The number of benzene rings is 1. The molecular weight excluding hydrogens is 475 g/mol. The topological polar surface area (TPSA) is 79.3 Å². The second kappa shape index (κ2) is 8.53. The highest BCUT2D eigenvalue weighted by Crippen LogP contribution is 2.62. The summed E-state index contributed by atoms with van der Waals surface area (Å²) in [5.74, 6) is -1.03. The van der Waals surface area contributed by atoms with Crippen LogP contribution in [0.3, 0.4) is 0 Å². The van der Waals surface area contributed by atoms with Crippen LogP contribution < -0.4 is 9.64 Å². The van der Waals surface area contributed by atoms with Gasteiger partial charge >= 0.3 is 0 Å². The molecule has 0 saturated carbocycles. The molecule has 0 unspecified atom stereocenters. The Labute approximate surface area is 218 Å². The zero-order valence-corrected chi connectivity index (χ0v) is 22.9. The quantitative estimate of drug-likeness (QED) is 0.637. The maximum Gasteiger partial charge on any atom is 0.265 e. The average molecular weight is 515 g/mol. The minimum absolute atomic E-state index is 0.0410. The number of hydrogen-bond donors (Lipinski definition) is 1. The van der Waals surface area contributed by atoms with E-state index in [-0.39, 0.29) is 30.9 Å². The highest BCUT2D eigenvalue weighted by atomic mass is 19.1. The zero-order valence-electron chi connectivity index (χ0n) is 22.9. The van der Waals surface area contributed by atoms with Crippen LogP contribution in [0.1, 0.15) is 71.9 Å². The van der Waals surface area contributed by atoms with Gasteiger partial charge in [-0.3, -0.25) is 14.5 Å². The number of carbonyl (C=O) groups is 2. The van der Waals surface area contributed by atoms with Crippen molar-refractivity contribution in [3.05, 3.63) is 29.3 Å². The van der Waals surface area contributed by atoms with Gasteiger partial charge in [-0.2, -0.15) is 0 Å². The van der Waals surface area contributed by atoms with Crippen molar-refractivity contribution in [1.82, 2.24) is 4.90 Å². The molecular formula is C29H39FN2O5. The lowest BCUT2D eigenvalue weighted by Gasteiger charge is -2.39. The summed E-state index contributed by atoms with van der Waals surface area (Å²) >= 11 is 0. The SMILES string of the molecule is COc1cc2c3c(c1)[C@@]1(O[C@H](CC(=O)N4CCC[C@H]4CO)[C@@H](C(C)(C)F)[C@@H]1C)C(=O)N3C(C)(C)C=C2C. The summed E-state index contributed by atoms with van der Waals surface area (Å²) in [5.41, 5.74) is -0.354.